The minimum absolute atomic E-state index is 0.0418. The number of thiophene rings is 1. The molecule has 0 unspecified atom stereocenters. The molecule has 3 rings (SSSR count). The summed E-state index contributed by atoms with van der Waals surface area (Å²) in [5, 5.41) is 8.73. The SMILES string of the molecule is O=C(CCc1ccncc1)NCc1nc(Cc2cccs2)no1. The Hall–Kier alpha value is -2.54. The molecule has 118 valence electrons. The van der Waals surface area contributed by atoms with Crippen LogP contribution in [0.15, 0.2) is 46.6 Å². The average molecular weight is 328 g/mol. The van der Waals surface area contributed by atoms with Gasteiger partial charge < -0.3 is 9.84 Å². The number of rotatable bonds is 7. The second-order valence-electron chi connectivity index (χ2n) is 4.99. The van der Waals surface area contributed by atoms with Crippen molar-refractivity contribution in [3.05, 3.63) is 64.2 Å². The molecule has 0 fully saturated rings. The number of nitrogens with one attached hydrogen (secondary N) is 1. The van der Waals surface area contributed by atoms with Crippen LogP contribution in [0.4, 0.5) is 0 Å². The summed E-state index contributed by atoms with van der Waals surface area (Å²) in [6.07, 6.45) is 5.20. The number of amides is 1. The van der Waals surface area contributed by atoms with Gasteiger partial charge in [0.05, 0.1) is 6.54 Å². The smallest absolute Gasteiger partial charge is 0.246 e. The molecule has 0 saturated carbocycles. The molecule has 7 heteroatoms. The zero-order valence-corrected chi connectivity index (χ0v) is 13.3. The predicted molar refractivity (Wildman–Crippen MR) is 85.8 cm³/mol. The number of hydrogen-bond donors (Lipinski definition) is 1. The average Bonchev–Trinajstić information content (AvgIpc) is 3.24. The first kappa shape index (κ1) is 15.4. The molecule has 0 aromatic carbocycles. The quantitative estimate of drug-likeness (QED) is 0.720. The van der Waals surface area contributed by atoms with E-state index in [0.717, 1.165) is 5.56 Å². The van der Waals surface area contributed by atoms with Crippen molar-refractivity contribution < 1.29 is 9.32 Å². The summed E-state index contributed by atoms with van der Waals surface area (Å²) in [5.74, 6) is 1.02. The van der Waals surface area contributed by atoms with Gasteiger partial charge in [-0.2, -0.15) is 4.98 Å². The predicted octanol–water partition coefficient (Wildman–Crippen LogP) is 2.37. The summed E-state index contributed by atoms with van der Waals surface area (Å²) in [6, 6.07) is 7.83. The first-order chi connectivity index (χ1) is 11.3. The number of carbonyl (C=O) groups excluding carboxylic acids is 1. The summed E-state index contributed by atoms with van der Waals surface area (Å²) in [7, 11) is 0. The van der Waals surface area contributed by atoms with E-state index in [1.54, 1.807) is 23.7 Å². The van der Waals surface area contributed by atoms with Crippen molar-refractivity contribution in [3.8, 4) is 0 Å². The van der Waals surface area contributed by atoms with E-state index in [-0.39, 0.29) is 12.5 Å². The lowest BCUT2D eigenvalue weighted by Gasteiger charge is -2.02. The molecule has 1 N–H and O–H groups in total. The van der Waals surface area contributed by atoms with Crippen LogP contribution in [0.1, 0.15) is 28.6 Å². The van der Waals surface area contributed by atoms with Crippen molar-refractivity contribution in [3.63, 3.8) is 0 Å². The van der Waals surface area contributed by atoms with E-state index in [1.807, 2.05) is 29.6 Å². The van der Waals surface area contributed by atoms with Crippen LogP contribution in [-0.4, -0.2) is 21.0 Å². The largest absolute Gasteiger partial charge is 0.347 e. The maximum atomic E-state index is 11.8. The number of hydrogen-bond acceptors (Lipinski definition) is 6. The summed E-state index contributed by atoms with van der Waals surface area (Å²) >= 11 is 1.65. The Morgan fingerprint density at radius 3 is 2.91 bits per heavy atom. The second kappa shape index (κ2) is 7.64. The Balaban J connectivity index is 1.43. The van der Waals surface area contributed by atoms with E-state index in [1.165, 1.54) is 4.88 Å². The summed E-state index contributed by atoms with van der Waals surface area (Å²) in [5.41, 5.74) is 1.09. The zero-order valence-electron chi connectivity index (χ0n) is 12.4. The molecular formula is C16H16N4O2S. The van der Waals surface area contributed by atoms with Gasteiger partial charge in [-0.25, -0.2) is 0 Å². The third-order valence-electron chi connectivity index (χ3n) is 3.25. The standard InChI is InChI=1S/C16H16N4O2S/c21-15(4-3-12-5-7-17-8-6-12)18-11-16-19-14(20-22-16)10-13-2-1-9-23-13/h1-2,5-9H,3-4,10-11H2,(H,18,21). The molecule has 0 spiro atoms. The van der Waals surface area contributed by atoms with E-state index in [9.17, 15) is 4.79 Å². The first-order valence-corrected chi connectivity index (χ1v) is 8.17. The highest BCUT2D eigenvalue weighted by Crippen LogP contribution is 2.12. The van der Waals surface area contributed by atoms with Crippen LogP contribution in [0.25, 0.3) is 0 Å². The second-order valence-corrected chi connectivity index (χ2v) is 6.02. The van der Waals surface area contributed by atoms with Gasteiger partial charge in [-0.3, -0.25) is 9.78 Å². The van der Waals surface area contributed by atoms with Crippen molar-refractivity contribution >= 4 is 17.2 Å². The monoisotopic (exact) mass is 328 g/mol. The molecule has 0 aliphatic carbocycles. The van der Waals surface area contributed by atoms with E-state index in [2.05, 4.69) is 20.4 Å². The molecule has 0 radical (unpaired) electrons. The van der Waals surface area contributed by atoms with Gasteiger partial charge in [-0.15, -0.1) is 11.3 Å². The molecule has 0 atom stereocenters. The Kier molecular flexibility index (Phi) is 5.10. The molecule has 1 amide bonds. The zero-order chi connectivity index (χ0) is 15.9. The number of carbonyl (C=O) groups is 1. The molecule has 3 heterocycles. The van der Waals surface area contributed by atoms with E-state index >= 15 is 0 Å². The van der Waals surface area contributed by atoms with Crippen molar-refractivity contribution in [2.75, 3.05) is 0 Å². The van der Waals surface area contributed by atoms with Gasteiger partial charge in [-0.1, -0.05) is 11.2 Å². The third-order valence-corrected chi connectivity index (χ3v) is 4.13. The lowest BCUT2D eigenvalue weighted by Crippen LogP contribution is -2.23. The first-order valence-electron chi connectivity index (χ1n) is 7.29. The van der Waals surface area contributed by atoms with Crippen LogP contribution in [0, 0.1) is 0 Å². The van der Waals surface area contributed by atoms with Gasteiger partial charge >= 0.3 is 0 Å². The Morgan fingerprint density at radius 1 is 1.26 bits per heavy atom. The summed E-state index contributed by atoms with van der Waals surface area (Å²) in [4.78, 5) is 21.2. The molecule has 0 saturated heterocycles. The molecular weight excluding hydrogens is 312 g/mol. The van der Waals surface area contributed by atoms with E-state index < -0.39 is 0 Å². The van der Waals surface area contributed by atoms with E-state index in [0.29, 0.717) is 31.0 Å². The maximum absolute atomic E-state index is 11.8. The fraction of sp³-hybridized carbons (Fsp3) is 0.250. The molecule has 6 nitrogen and oxygen atoms in total. The molecule has 0 bridgehead atoms. The van der Waals surface area contributed by atoms with Gasteiger partial charge in [0.1, 0.15) is 0 Å². The summed E-state index contributed by atoms with van der Waals surface area (Å²) < 4.78 is 5.15. The number of pyridine rings is 1. The van der Waals surface area contributed by atoms with Crippen molar-refractivity contribution in [2.24, 2.45) is 0 Å². The fourth-order valence-corrected chi connectivity index (χ4v) is 2.77. The minimum Gasteiger partial charge on any atom is -0.347 e. The molecule has 3 aromatic heterocycles. The van der Waals surface area contributed by atoms with Crippen LogP contribution in [-0.2, 0) is 24.2 Å². The van der Waals surface area contributed by atoms with Gasteiger partial charge in [0.25, 0.3) is 0 Å². The van der Waals surface area contributed by atoms with Crippen LogP contribution in [0.2, 0.25) is 0 Å². The van der Waals surface area contributed by atoms with Crippen molar-refractivity contribution in [1.29, 1.82) is 0 Å². The third kappa shape index (κ3) is 4.72. The Morgan fingerprint density at radius 2 is 2.13 bits per heavy atom. The summed E-state index contributed by atoms with van der Waals surface area (Å²) in [6.45, 7) is 0.257. The highest BCUT2D eigenvalue weighted by Gasteiger charge is 2.09. The molecule has 0 aliphatic heterocycles. The van der Waals surface area contributed by atoms with Crippen LogP contribution < -0.4 is 5.32 Å². The topological polar surface area (TPSA) is 80.9 Å². The molecule has 3 aromatic rings. The highest BCUT2D eigenvalue weighted by atomic mass is 32.1. The lowest BCUT2D eigenvalue weighted by atomic mass is 10.1. The van der Waals surface area contributed by atoms with Gasteiger partial charge in [-0.05, 0) is 35.6 Å². The van der Waals surface area contributed by atoms with Crippen LogP contribution >= 0.6 is 11.3 Å². The Labute approximate surface area is 137 Å². The number of aryl methyl sites for hydroxylation is 1. The van der Waals surface area contributed by atoms with Gasteiger partial charge in [0, 0.05) is 30.1 Å². The lowest BCUT2D eigenvalue weighted by molar-refractivity contribution is -0.121. The normalized spacial score (nSPS) is 10.6. The van der Waals surface area contributed by atoms with Crippen LogP contribution in [0.5, 0.6) is 0 Å². The minimum atomic E-state index is -0.0418. The van der Waals surface area contributed by atoms with Crippen molar-refractivity contribution in [2.45, 2.75) is 25.8 Å². The molecule has 23 heavy (non-hydrogen) atoms. The van der Waals surface area contributed by atoms with Gasteiger partial charge in [0.2, 0.25) is 11.8 Å². The number of aromatic nitrogens is 3. The highest BCUT2D eigenvalue weighted by molar-refractivity contribution is 7.09. The molecule has 0 aliphatic rings. The van der Waals surface area contributed by atoms with Crippen LogP contribution in [0.3, 0.4) is 0 Å². The fourth-order valence-electron chi connectivity index (χ4n) is 2.07. The van der Waals surface area contributed by atoms with E-state index in [4.69, 9.17) is 4.52 Å². The maximum Gasteiger partial charge on any atom is 0.246 e. The van der Waals surface area contributed by atoms with Crippen molar-refractivity contribution in [1.82, 2.24) is 20.4 Å². The number of nitrogens with zero attached hydrogens (tertiary/aromatic N) is 3. The van der Waals surface area contributed by atoms with Gasteiger partial charge in [0.15, 0.2) is 5.82 Å². The Bertz CT molecular complexity index is 741.